The molecule has 0 unspecified atom stereocenters. The summed E-state index contributed by atoms with van der Waals surface area (Å²) in [5.74, 6) is -0.960. The molecular weight excluding hydrogens is 581 g/mol. The van der Waals surface area contributed by atoms with Crippen LogP contribution in [0.2, 0.25) is 5.02 Å². The predicted molar refractivity (Wildman–Crippen MR) is 147 cm³/mol. The first kappa shape index (κ1) is 32.0. The normalized spacial score (nSPS) is 12.4. The number of halogens is 4. The number of para-hydroxylation sites is 1. The van der Waals surface area contributed by atoms with E-state index < -0.39 is 36.6 Å². The molecule has 12 nitrogen and oxygen atoms in total. The highest BCUT2D eigenvalue weighted by molar-refractivity contribution is 6.30. The minimum absolute atomic E-state index is 0.0535. The van der Waals surface area contributed by atoms with Crippen LogP contribution in [0.25, 0.3) is 5.69 Å². The van der Waals surface area contributed by atoms with E-state index in [2.05, 4.69) is 20.7 Å². The molecule has 16 heteroatoms. The van der Waals surface area contributed by atoms with Crippen molar-refractivity contribution >= 4 is 29.4 Å². The van der Waals surface area contributed by atoms with E-state index in [1.165, 1.54) is 47.6 Å². The van der Waals surface area contributed by atoms with Gasteiger partial charge >= 0.3 is 12.2 Å². The number of amidine groups is 1. The third kappa shape index (κ3) is 8.97. The predicted octanol–water partition coefficient (Wildman–Crippen LogP) is 2.24. The molecule has 0 bridgehead atoms. The maximum atomic E-state index is 13.1. The monoisotopic (exact) mass is 606 g/mol. The number of nitrogens with one attached hydrogen (secondary N) is 3. The molecule has 0 aliphatic heterocycles. The lowest BCUT2D eigenvalue weighted by Crippen LogP contribution is -2.69. The van der Waals surface area contributed by atoms with Crippen LogP contribution in [0, 0.1) is 10.6 Å². The second kappa shape index (κ2) is 14.9. The molecule has 0 saturated heterocycles. The van der Waals surface area contributed by atoms with Gasteiger partial charge in [-0.1, -0.05) is 35.9 Å². The Morgan fingerprint density at radius 3 is 2.57 bits per heavy atom. The van der Waals surface area contributed by atoms with Gasteiger partial charge in [-0.3, -0.25) is 15.1 Å². The molecule has 2 aromatic carbocycles. The van der Waals surface area contributed by atoms with Crippen molar-refractivity contribution in [3.05, 3.63) is 106 Å². The minimum atomic E-state index is -5.03. The van der Waals surface area contributed by atoms with Gasteiger partial charge in [-0.25, -0.2) is 14.5 Å². The Morgan fingerprint density at radius 2 is 1.88 bits per heavy atom. The molecule has 1 atom stereocenters. The molecule has 0 saturated carbocycles. The third-order valence-electron chi connectivity index (χ3n) is 5.52. The van der Waals surface area contributed by atoms with Crippen LogP contribution < -0.4 is 16.1 Å². The van der Waals surface area contributed by atoms with Crippen molar-refractivity contribution < 1.29 is 33.3 Å². The molecular formula is C26H26ClF3N8O4. The molecule has 0 radical (unpaired) electrons. The fourth-order valence-electron chi connectivity index (χ4n) is 3.43. The summed E-state index contributed by atoms with van der Waals surface area (Å²) < 4.78 is 40.5. The molecule has 0 aliphatic carbocycles. The molecule has 0 aliphatic rings. The van der Waals surface area contributed by atoms with E-state index in [-0.39, 0.29) is 30.0 Å². The average Bonchev–Trinajstić information content (AvgIpc) is 3.44. The van der Waals surface area contributed by atoms with Crippen molar-refractivity contribution in [3.63, 3.8) is 0 Å². The molecule has 1 heterocycles. The highest BCUT2D eigenvalue weighted by Gasteiger charge is 2.41. The van der Waals surface area contributed by atoms with Crippen LogP contribution in [-0.2, 0) is 6.54 Å². The van der Waals surface area contributed by atoms with Gasteiger partial charge in [-0.2, -0.15) is 13.2 Å². The first-order valence-electron chi connectivity index (χ1n) is 12.2. The van der Waals surface area contributed by atoms with Crippen molar-refractivity contribution in [3.8, 4) is 5.69 Å². The van der Waals surface area contributed by atoms with E-state index >= 15 is 0 Å². The van der Waals surface area contributed by atoms with Gasteiger partial charge in [-0.15, -0.1) is 5.10 Å². The number of nitrogens with zero attached hydrogens (tertiary/aromatic N) is 4. The van der Waals surface area contributed by atoms with Gasteiger partial charge in [-0.05, 0) is 42.5 Å². The third-order valence-corrected chi connectivity index (χ3v) is 5.77. The van der Waals surface area contributed by atoms with Gasteiger partial charge in [0.15, 0.2) is 11.9 Å². The molecule has 222 valence electrons. The summed E-state index contributed by atoms with van der Waals surface area (Å²) in [7, 11) is 0. The first-order chi connectivity index (χ1) is 20.0. The molecule has 3 aromatic rings. The average molecular weight is 607 g/mol. The number of aromatic nitrogens is 3. The summed E-state index contributed by atoms with van der Waals surface area (Å²) in [4.78, 5) is 30.1. The van der Waals surface area contributed by atoms with Crippen LogP contribution in [-0.4, -0.2) is 67.9 Å². The van der Waals surface area contributed by atoms with Gasteiger partial charge in [0.2, 0.25) is 0 Å². The molecule has 0 fully saturated rings. The number of amides is 3. The molecule has 42 heavy (non-hydrogen) atoms. The lowest BCUT2D eigenvalue weighted by atomic mass is 10.1. The Morgan fingerprint density at radius 1 is 1.17 bits per heavy atom. The maximum Gasteiger partial charge on any atom is 0.416 e. The summed E-state index contributed by atoms with van der Waals surface area (Å²) in [6.07, 6.45) is -0.589. The van der Waals surface area contributed by atoms with E-state index in [1.54, 1.807) is 36.4 Å². The van der Waals surface area contributed by atoms with Gasteiger partial charge in [0.1, 0.15) is 12.2 Å². The number of hydroxylamine groups is 1. The molecule has 6 N–H and O–H groups in total. The Bertz CT molecular complexity index is 1440. The van der Waals surface area contributed by atoms with Crippen molar-refractivity contribution in [2.45, 2.75) is 18.8 Å². The number of allylic oxidation sites excluding steroid dienone is 2. The number of quaternary nitrogens is 1. The Hall–Kier alpha value is -4.57. The van der Waals surface area contributed by atoms with Gasteiger partial charge < -0.3 is 26.4 Å². The fourth-order valence-corrected chi connectivity index (χ4v) is 3.55. The second-order valence-corrected chi connectivity index (χ2v) is 8.90. The second-order valence-electron chi connectivity index (χ2n) is 8.46. The van der Waals surface area contributed by atoms with Crippen LogP contribution in [0.5, 0.6) is 0 Å². The number of hydrogen-bond donors (Lipinski definition) is 5. The van der Waals surface area contributed by atoms with Crippen LogP contribution in [0.15, 0.2) is 79.3 Å². The smallest absolute Gasteiger partial charge is 0.416 e. The summed E-state index contributed by atoms with van der Waals surface area (Å²) in [5, 5.41) is 37.8. The topological polar surface area (TPSA) is 176 Å². The zero-order valence-electron chi connectivity index (χ0n) is 21.8. The lowest BCUT2D eigenvalue weighted by Gasteiger charge is -2.26. The standard InChI is InChI=1S/C26H26ClF3N8O4/c27-18-10-8-17(9-11-18)23(31)37(15-21(39)26(28,29)30)25(41)33-14-22-34-16-38(36-22)20-7-3-2-6-19(20)24(40)32-12-4-1-5-13-35-42/h1-11,13,16,21,31,39H,12,14-15,35H2,(H,32,40)(H,33,41)/b4-1-,13-5-,31-23?/t21-/m0/s1. The molecule has 3 amide bonds. The maximum absolute atomic E-state index is 13.1. The molecule has 0 spiro atoms. The number of carbonyl (C=O) groups excluding carboxylic acids is 2. The largest absolute Gasteiger partial charge is 0.631 e. The number of carbonyl (C=O) groups is 2. The van der Waals surface area contributed by atoms with Crippen LogP contribution >= 0.6 is 11.6 Å². The van der Waals surface area contributed by atoms with E-state index in [0.29, 0.717) is 21.1 Å². The van der Waals surface area contributed by atoms with Gasteiger partial charge in [0.05, 0.1) is 30.5 Å². The summed E-state index contributed by atoms with van der Waals surface area (Å²) in [6, 6.07) is 10.9. The quantitative estimate of drug-likeness (QED) is 0.0968. The Balaban J connectivity index is 1.71. The fraction of sp³-hybridized carbons (Fsp3) is 0.192. The minimum Gasteiger partial charge on any atom is -0.631 e. The number of hydrogen-bond acceptors (Lipinski definition) is 7. The van der Waals surface area contributed by atoms with Crippen molar-refractivity contribution in [1.29, 1.82) is 5.41 Å². The highest BCUT2D eigenvalue weighted by Crippen LogP contribution is 2.22. The van der Waals surface area contributed by atoms with Crippen molar-refractivity contribution in [2.24, 2.45) is 0 Å². The van der Waals surface area contributed by atoms with Crippen molar-refractivity contribution in [1.82, 2.24) is 30.3 Å². The Kier molecular flexibility index (Phi) is 11.3. The highest BCUT2D eigenvalue weighted by atomic mass is 35.5. The SMILES string of the molecule is N=C(c1ccc(Cl)cc1)N(C[C@H](O)C(F)(F)F)C(=O)NCc1ncn(-c2ccccc2C(=O)NC/C=C\C=C/[NH2+][O-])n1. The van der Waals surface area contributed by atoms with E-state index in [9.17, 15) is 33.1 Å². The lowest BCUT2D eigenvalue weighted by molar-refractivity contribution is -0.514. The van der Waals surface area contributed by atoms with E-state index in [1.807, 2.05) is 0 Å². The van der Waals surface area contributed by atoms with E-state index in [4.69, 9.17) is 17.0 Å². The zero-order chi connectivity index (χ0) is 30.7. The number of alkyl halides is 3. The molecule has 1 aromatic heterocycles. The summed E-state index contributed by atoms with van der Waals surface area (Å²) in [6.45, 7) is -1.38. The Labute approximate surface area is 242 Å². The van der Waals surface area contributed by atoms with Gasteiger partial charge in [0.25, 0.3) is 5.91 Å². The number of aliphatic hydroxyl groups excluding tert-OH is 1. The number of nitrogens with two attached hydrogens (primary N) is 1. The van der Waals surface area contributed by atoms with Crippen LogP contribution in [0.1, 0.15) is 21.7 Å². The number of aliphatic hydroxyl groups is 1. The van der Waals surface area contributed by atoms with Crippen LogP contribution in [0.4, 0.5) is 18.0 Å². The van der Waals surface area contributed by atoms with Crippen LogP contribution in [0.3, 0.4) is 0 Å². The van der Waals surface area contributed by atoms with Crippen molar-refractivity contribution in [2.75, 3.05) is 13.1 Å². The first-order valence-corrected chi connectivity index (χ1v) is 12.6. The summed E-state index contributed by atoms with van der Waals surface area (Å²) in [5.41, 5.74) is 1.34. The molecule has 3 rings (SSSR count). The van der Waals surface area contributed by atoms with E-state index in [0.717, 1.165) is 0 Å². The summed E-state index contributed by atoms with van der Waals surface area (Å²) >= 11 is 5.83. The number of rotatable bonds is 11. The zero-order valence-corrected chi connectivity index (χ0v) is 22.5. The number of urea groups is 1. The van der Waals surface area contributed by atoms with Gasteiger partial charge in [0, 0.05) is 17.1 Å². The number of benzene rings is 2.